The second-order valence-corrected chi connectivity index (χ2v) is 4.30. The lowest BCUT2D eigenvalue weighted by atomic mass is 9.91. The highest BCUT2D eigenvalue weighted by molar-refractivity contribution is 6.15. The second-order valence-electron chi connectivity index (χ2n) is 4.30. The van der Waals surface area contributed by atoms with E-state index < -0.39 is 5.97 Å². The Bertz CT molecular complexity index is 443. The molecule has 1 aliphatic carbocycles. The molecule has 0 amide bonds. The molecule has 2 rings (SSSR count). The summed E-state index contributed by atoms with van der Waals surface area (Å²) in [6.45, 7) is 0. The van der Waals surface area contributed by atoms with Crippen LogP contribution in [0.1, 0.15) is 24.8 Å². The molecule has 0 bridgehead atoms. The topological polar surface area (TPSA) is 37.3 Å². The Morgan fingerprint density at radius 2 is 2.00 bits per heavy atom. The van der Waals surface area contributed by atoms with Gasteiger partial charge in [0.15, 0.2) is 0 Å². The third kappa shape index (κ3) is 3.06. The van der Waals surface area contributed by atoms with Crippen molar-refractivity contribution in [1.82, 2.24) is 0 Å². The number of carboxylic acids is 1. The summed E-state index contributed by atoms with van der Waals surface area (Å²) in [7, 11) is 0. The predicted octanol–water partition coefficient (Wildman–Crippen LogP) is 3.51. The van der Waals surface area contributed by atoms with Crippen molar-refractivity contribution in [3.63, 3.8) is 0 Å². The molecule has 1 aliphatic rings. The van der Waals surface area contributed by atoms with Gasteiger partial charge in [-0.2, -0.15) is 0 Å². The van der Waals surface area contributed by atoms with Gasteiger partial charge < -0.3 is 5.11 Å². The van der Waals surface area contributed by atoms with E-state index in [1.165, 1.54) is 0 Å². The molecule has 0 saturated carbocycles. The Morgan fingerprint density at radius 3 is 2.59 bits per heavy atom. The van der Waals surface area contributed by atoms with E-state index in [2.05, 4.69) is 12.2 Å². The molecule has 88 valence electrons. The zero-order valence-electron chi connectivity index (χ0n) is 9.67. The molecule has 2 heteroatoms. The maximum Gasteiger partial charge on any atom is 0.335 e. The maximum absolute atomic E-state index is 11.3. The van der Waals surface area contributed by atoms with Crippen LogP contribution in [0, 0.1) is 5.92 Å². The Morgan fingerprint density at radius 1 is 1.24 bits per heavy atom. The van der Waals surface area contributed by atoms with Gasteiger partial charge in [-0.15, -0.1) is 0 Å². The zero-order chi connectivity index (χ0) is 12.1. The lowest BCUT2D eigenvalue weighted by Gasteiger charge is -2.14. The number of allylic oxidation sites excluding steroid dienone is 3. The normalized spacial score (nSPS) is 20.2. The van der Waals surface area contributed by atoms with Gasteiger partial charge in [-0.1, -0.05) is 48.6 Å². The lowest BCUT2D eigenvalue weighted by molar-refractivity contribution is -0.130. The summed E-state index contributed by atoms with van der Waals surface area (Å²) < 4.78 is 0. The molecule has 0 spiro atoms. The number of benzene rings is 1. The quantitative estimate of drug-likeness (QED) is 0.635. The summed E-state index contributed by atoms with van der Waals surface area (Å²) in [4.78, 5) is 11.3. The van der Waals surface area contributed by atoms with Gasteiger partial charge in [0.25, 0.3) is 0 Å². The van der Waals surface area contributed by atoms with Crippen LogP contribution < -0.4 is 0 Å². The number of hydrogen-bond acceptors (Lipinski definition) is 1. The first-order chi connectivity index (χ1) is 8.27. The molecule has 1 unspecified atom stereocenters. The highest BCUT2D eigenvalue weighted by atomic mass is 16.4. The Balaban J connectivity index is 2.26. The van der Waals surface area contributed by atoms with Crippen LogP contribution in [-0.4, -0.2) is 11.1 Å². The largest absolute Gasteiger partial charge is 0.478 e. The summed E-state index contributed by atoms with van der Waals surface area (Å²) in [6.07, 6.45) is 9.23. The Hall–Kier alpha value is -1.83. The number of rotatable bonds is 3. The number of carboxylic acid groups (broad SMARTS) is 1. The van der Waals surface area contributed by atoms with Gasteiger partial charge in [0.2, 0.25) is 0 Å². The SMILES string of the molecule is O=C(O)/C(=C/C1CC=CCC1)c1ccccc1. The van der Waals surface area contributed by atoms with Crippen LogP contribution in [-0.2, 0) is 4.79 Å². The monoisotopic (exact) mass is 228 g/mol. The Kier molecular flexibility index (Phi) is 3.76. The van der Waals surface area contributed by atoms with E-state index >= 15 is 0 Å². The molecule has 1 aromatic carbocycles. The molecular formula is C15H16O2. The summed E-state index contributed by atoms with van der Waals surface area (Å²) in [5, 5.41) is 9.27. The molecule has 1 aromatic rings. The van der Waals surface area contributed by atoms with Crippen LogP contribution in [0.15, 0.2) is 48.6 Å². The second kappa shape index (κ2) is 5.48. The van der Waals surface area contributed by atoms with Gasteiger partial charge in [0.05, 0.1) is 5.57 Å². The van der Waals surface area contributed by atoms with E-state index in [-0.39, 0.29) is 0 Å². The molecule has 0 aliphatic heterocycles. The molecule has 0 aromatic heterocycles. The number of aliphatic carboxylic acids is 1. The third-order valence-electron chi connectivity index (χ3n) is 3.03. The first-order valence-corrected chi connectivity index (χ1v) is 5.93. The van der Waals surface area contributed by atoms with Gasteiger partial charge in [0.1, 0.15) is 0 Å². The van der Waals surface area contributed by atoms with Crippen molar-refractivity contribution in [1.29, 1.82) is 0 Å². The molecule has 0 radical (unpaired) electrons. The average Bonchev–Trinajstić information content (AvgIpc) is 2.38. The summed E-state index contributed by atoms with van der Waals surface area (Å²) in [5.41, 5.74) is 1.21. The number of hydrogen-bond donors (Lipinski definition) is 1. The van der Waals surface area contributed by atoms with Gasteiger partial charge in [-0.25, -0.2) is 4.79 Å². The van der Waals surface area contributed by atoms with Crippen LogP contribution in [0.5, 0.6) is 0 Å². The van der Waals surface area contributed by atoms with Crippen LogP contribution >= 0.6 is 0 Å². The van der Waals surface area contributed by atoms with Gasteiger partial charge >= 0.3 is 5.97 Å². The van der Waals surface area contributed by atoms with E-state index in [1.807, 2.05) is 36.4 Å². The van der Waals surface area contributed by atoms with Gasteiger partial charge in [-0.05, 0) is 30.7 Å². The van der Waals surface area contributed by atoms with Crippen molar-refractivity contribution in [3.05, 3.63) is 54.1 Å². The minimum absolute atomic E-state index is 0.353. The highest BCUT2D eigenvalue weighted by Crippen LogP contribution is 2.24. The molecule has 1 atom stereocenters. The van der Waals surface area contributed by atoms with Crippen LogP contribution in [0.2, 0.25) is 0 Å². The molecule has 0 fully saturated rings. The fraction of sp³-hybridized carbons (Fsp3) is 0.267. The predicted molar refractivity (Wildman–Crippen MR) is 68.5 cm³/mol. The minimum Gasteiger partial charge on any atom is -0.478 e. The van der Waals surface area contributed by atoms with Crippen LogP contribution in [0.3, 0.4) is 0 Å². The molecule has 2 nitrogen and oxygen atoms in total. The molecule has 1 N–H and O–H groups in total. The minimum atomic E-state index is -0.842. The fourth-order valence-electron chi connectivity index (χ4n) is 2.11. The van der Waals surface area contributed by atoms with Gasteiger partial charge in [-0.3, -0.25) is 0 Å². The van der Waals surface area contributed by atoms with E-state index in [0.29, 0.717) is 11.5 Å². The average molecular weight is 228 g/mol. The van der Waals surface area contributed by atoms with E-state index in [0.717, 1.165) is 24.8 Å². The van der Waals surface area contributed by atoms with E-state index in [4.69, 9.17) is 0 Å². The number of carbonyl (C=O) groups is 1. The van der Waals surface area contributed by atoms with E-state index in [9.17, 15) is 9.90 Å². The van der Waals surface area contributed by atoms with Crippen molar-refractivity contribution in [2.24, 2.45) is 5.92 Å². The van der Waals surface area contributed by atoms with Crippen LogP contribution in [0.4, 0.5) is 0 Å². The summed E-state index contributed by atoms with van der Waals surface area (Å²) >= 11 is 0. The van der Waals surface area contributed by atoms with Crippen molar-refractivity contribution < 1.29 is 9.90 Å². The smallest absolute Gasteiger partial charge is 0.335 e. The maximum atomic E-state index is 11.3. The molecule has 0 heterocycles. The van der Waals surface area contributed by atoms with Crippen molar-refractivity contribution in [2.45, 2.75) is 19.3 Å². The van der Waals surface area contributed by atoms with Crippen molar-refractivity contribution >= 4 is 11.5 Å². The first kappa shape index (κ1) is 11.6. The van der Waals surface area contributed by atoms with Gasteiger partial charge in [0, 0.05) is 0 Å². The first-order valence-electron chi connectivity index (χ1n) is 5.93. The van der Waals surface area contributed by atoms with Crippen LogP contribution in [0.25, 0.3) is 5.57 Å². The molecular weight excluding hydrogens is 212 g/mol. The van der Waals surface area contributed by atoms with Crippen molar-refractivity contribution in [3.8, 4) is 0 Å². The molecule has 17 heavy (non-hydrogen) atoms. The third-order valence-corrected chi connectivity index (χ3v) is 3.03. The zero-order valence-corrected chi connectivity index (χ0v) is 9.67. The molecule has 0 saturated heterocycles. The fourth-order valence-corrected chi connectivity index (χ4v) is 2.11. The lowest BCUT2D eigenvalue weighted by Crippen LogP contribution is -2.05. The summed E-state index contributed by atoms with van der Waals surface area (Å²) in [5.74, 6) is -0.489. The van der Waals surface area contributed by atoms with E-state index in [1.54, 1.807) is 0 Å². The highest BCUT2D eigenvalue weighted by Gasteiger charge is 2.14. The summed E-state index contributed by atoms with van der Waals surface area (Å²) in [6, 6.07) is 9.32. The standard InChI is InChI=1S/C15H16O2/c16-15(17)14(13-9-5-2-6-10-13)11-12-7-3-1-4-8-12/h1-3,5-6,9-12H,4,7-8H2,(H,16,17)/b14-11+. The van der Waals surface area contributed by atoms with Crippen molar-refractivity contribution in [2.75, 3.05) is 0 Å². The Labute approximate surface area is 101 Å².